The lowest BCUT2D eigenvalue weighted by Gasteiger charge is -2.33. The molecule has 2 aromatic carbocycles. The summed E-state index contributed by atoms with van der Waals surface area (Å²) in [7, 11) is -3.64. The fourth-order valence-corrected chi connectivity index (χ4v) is 4.94. The van der Waals surface area contributed by atoms with Crippen molar-refractivity contribution in [3.8, 4) is 11.3 Å². The lowest BCUT2D eigenvalue weighted by Crippen LogP contribution is -2.50. The van der Waals surface area contributed by atoms with Crippen LogP contribution in [0.5, 0.6) is 0 Å². The topological polar surface area (TPSA) is 83.7 Å². The summed E-state index contributed by atoms with van der Waals surface area (Å²) in [5, 5.41) is 4.88. The number of carbonyl (C=O) groups excluding carboxylic acids is 1. The second-order valence-corrected chi connectivity index (χ2v) is 9.55. The van der Waals surface area contributed by atoms with E-state index in [1.807, 2.05) is 0 Å². The van der Waals surface area contributed by atoms with Crippen LogP contribution in [0, 0.1) is 0 Å². The van der Waals surface area contributed by atoms with Crippen LogP contribution >= 0.6 is 23.2 Å². The first kappa shape index (κ1) is 20.9. The summed E-state index contributed by atoms with van der Waals surface area (Å²) in [6, 6.07) is 14.6. The van der Waals surface area contributed by atoms with Crippen LogP contribution in [0.15, 0.2) is 64.0 Å². The number of nitrogens with zero attached hydrogens (tertiary/aromatic N) is 3. The molecule has 0 saturated carbocycles. The molecule has 30 heavy (non-hydrogen) atoms. The Morgan fingerprint density at radius 2 is 1.63 bits per heavy atom. The van der Waals surface area contributed by atoms with E-state index in [1.54, 1.807) is 35.2 Å². The molecule has 0 bridgehead atoms. The molecule has 4 rings (SSSR count). The molecule has 1 amide bonds. The van der Waals surface area contributed by atoms with Crippen LogP contribution in [0.3, 0.4) is 0 Å². The Bertz CT molecular complexity index is 1170. The van der Waals surface area contributed by atoms with Gasteiger partial charge in [-0.05, 0) is 36.4 Å². The highest BCUT2D eigenvalue weighted by Crippen LogP contribution is 2.25. The predicted octanol–water partition coefficient (Wildman–Crippen LogP) is 3.80. The van der Waals surface area contributed by atoms with E-state index in [0.29, 0.717) is 21.4 Å². The van der Waals surface area contributed by atoms with Crippen molar-refractivity contribution in [3.63, 3.8) is 0 Å². The minimum Gasteiger partial charge on any atom is -0.355 e. The summed E-state index contributed by atoms with van der Waals surface area (Å²) in [6.45, 7) is 0.890. The highest BCUT2D eigenvalue weighted by molar-refractivity contribution is 7.89. The first-order valence-electron chi connectivity index (χ1n) is 9.12. The molecule has 2 heterocycles. The number of amides is 1. The molecule has 1 saturated heterocycles. The lowest BCUT2D eigenvalue weighted by atomic mass is 10.1. The van der Waals surface area contributed by atoms with Crippen molar-refractivity contribution in [1.82, 2.24) is 14.4 Å². The van der Waals surface area contributed by atoms with Crippen molar-refractivity contribution in [2.24, 2.45) is 0 Å². The zero-order valence-corrected chi connectivity index (χ0v) is 18.0. The minimum absolute atomic E-state index is 0.166. The fraction of sp³-hybridized carbons (Fsp3) is 0.200. The highest BCUT2D eigenvalue weighted by atomic mass is 35.5. The van der Waals surface area contributed by atoms with E-state index < -0.39 is 10.0 Å². The highest BCUT2D eigenvalue weighted by Gasteiger charge is 2.31. The molecule has 0 N–H and O–H groups in total. The standard InChI is InChI=1S/C20H17Cl2N3O4S/c21-15-4-6-17(7-5-15)30(27,28)25-10-8-24(9-11-25)20(26)18-13-19(29-23-18)14-2-1-3-16(22)12-14/h1-7,12-13H,8-11H2. The number of halogens is 2. The maximum absolute atomic E-state index is 12.8. The van der Waals surface area contributed by atoms with Crippen LogP contribution in [0.1, 0.15) is 10.5 Å². The largest absolute Gasteiger partial charge is 0.355 e. The van der Waals surface area contributed by atoms with Crippen molar-refractivity contribution < 1.29 is 17.7 Å². The Morgan fingerprint density at radius 1 is 0.933 bits per heavy atom. The first-order valence-corrected chi connectivity index (χ1v) is 11.3. The number of benzene rings is 2. The van der Waals surface area contributed by atoms with E-state index >= 15 is 0 Å². The van der Waals surface area contributed by atoms with E-state index in [0.717, 1.165) is 0 Å². The van der Waals surface area contributed by atoms with Gasteiger partial charge in [-0.2, -0.15) is 4.31 Å². The average Bonchev–Trinajstić information content (AvgIpc) is 3.24. The third kappa shape index (κ3) is 4.22. The number of sulfonamides is 1. The third-order valence-corrected chi connectivity index (χ3v) is 7.22. The van der Waals surface area contributed by atoms with Crippen molar-refractivity contribution in [3.05, 3.63) is 70.3 Å². The van der Waals surface area contributed by atoms with E-state index in [1.165, 1.54) is 28.6 Å². The molecule has 156 valence electrons. The average molecular weight is 466 g/mol. The number of hydrogen-bond donors (Lipinski definition) is 0. The molecule has 3 aromatic rings. The van der Waals surface area contributed by atoms with Crippen LogP contribution in [-0.2, 0) is 10.0 Å². The molecule has 0 aliphatic carbocycles. The van der Waals surface area contributed by atoms with Crippen LogP contribution in [-0.4, -0.2) is 54.9 Å². The quantitative estimate of drug-likeness (QED) is 0.584. The number of hydrogen-bond acceptors (Lipinski definition) is 5. The molecule has 0 radical (unpaired) electrons. The Labute approximate surface area is 183 Å². The Hall–Kier alpha value is -2.39. The zero-order chi connectivity index (χ0) is 21.3. The fourth-order valence-electron chi connectivity index (χ4n) is 3.20. The summed E-state index contributed by atoms with van der Waals surface area (Å²) in [5.74, 6) is 0.125. The van der Waals surface area contributed by atoms with Crippen LogP contribution in [0.25, 0.3) is 11.3 Å². The van der Waals surface area contributed by atoms with Gasteiger partial charge < -0.3 is 9.42 Å². The van der Waals surface area contributed by atoms with Gasteiger partial charge in [0, 0.05) is 47.9 Å². The molecule has 7 nitrogen and oxygen atoms in total. The van der Waals surface area contributed by atoms with Gasteiger partial charge in [0.2, 0.25) is 10.0 Å². The van der Waals surface area contributed by atoms with Gasteiger partial charge in [-0.25, -0.2) is 8.42 Å². The molecule has 1 fully saturated rings. The summed E-state index contributed by atoms with van der Waals surface area (Å²) >= 11 is 11.8. The van der Waals surface area contributed by atoms with Crippen LogP contribution in [0.2, 0.25) is 10.0 Å². The molecule has 0 spiro atoms. The van der Waals surface area contributed by atoms with Gasteiger partial charge in [0.05, 0.1) is 4.90 Å². The smallest absolute Gasteiger partial charge is 0.276 e. The molecule has 1 aliphatic heterocycles. The summed E-state index contributed by atoms with van der Waals surface area (Å²) in [4.78, 5) is 14.5. The predicted molar refractivity (Wildman–Crippen MR) is 113 cm³/mol. The molecular weight excluding hydrogens is 449 g/mol. The van der Waals surface area contributed by atoms with Crippen LogP contribution in [0.4, 0.5) is 0 Å². The van der Waals surface area contributed by atoms with Crippen molar-refractivity contribution in [2.75, 3.05) is 26.2 Å². The molecule has 0 unspecified atom stereocenters. The van der Waals surface area contributed by atoms with Crippen molar-refractivity contribution >= 4 is 39.1 Å². The van der Waals surface area contributed by atoms with Gasteiger partial charge in [-0.3, -0.25) is 4.79 Å². The molecule has 0 atom stereocenters. The van der Waals surface area contributed by atoms with Gasteiger partial charge in [-0.1, -0.05) is 40.5 Å². The van der Waals surface area contributed by atoms with E-state index in [4.69, 9.17) is 27.7 Å². The first-order chi connectivity index (χ1) is 14.3. The lowest BCUT2D eigenvalue weighted by molar-refractivity contribution is 0.0687. The molecule has 10 heteroatoms. The van der Waals surface area contributed by atoms with Crippen molar-refractivity contribution in [2.45, 2.75) is 4.90 Å². The van der Waals surface area contributed by atoms with Gasteiger partial charge >= 0.3 is 0 Å². The second kappa shape index (κ2) is 8.39. The summed E-state index contributed by atoms with van der Waals surface area (Å²) < 4.78 is 32.2. The number of rotatable bonds is 4. The van der Waals surface area contributed by atoms with E-state index in [9.17, 15) is 13.2 Å². The van der Waals surface area contributed by atoms with E-state index in [2.05, 4.69) is 5.16 Å². The Balaban J connectivity index is 1.43. The Morgan fingerprint density at radius 3 is 2.30 bits per heavy atom. The second-order valence-electron chi connectivity index (χ2n) is 6.74. The molecule has 1 aromatic heterocycles. The zero-order valence-electron chi connectivity index (χ0n) is 15.7. The van der Waals surface area contributed by atoms with Gasteiger partial charge in [0.15, 0.2) is 11.5 Å². The van der Waals surface area contributed by atoms with Crippen LogP contribution < -0.4 is 0 Å². The van der Waals surface area contributed by atoms with Crippen molar-refractivity contribution in [1.29, 1.82) is 0 Å². The Kier molecular flexibility index (Phi) is 5.84. The normalized spacial score (nSPS) is 15.3. The summed E-state index contributed by atoms with van der Waals surface area (Å²) in [6.07, 6.45) is 0. The monoisotopic (exact) mass is 465 g/mol. The maximum Gasteiger partial charge on any atom is 0.276 e. The maximum atomic E-state index is 12.8. The number of aromatic nitrogens is 1. The SMILES string of the molecule is O=C(c1cc(-c2cccc(Cl)c2)on1)N1CCN(S(=O)(=O)c2ccc(Cl)cc2)CC1. The van der Waals surface area contributed by atoms with Gasteiger partial charge in [0.1, 0.15) is 0 Å². The third-order valence-electron chi connectivity index (χ3n) is 4.82. The minimum atomic E-state index is -3.64. The molecular formula is C20H17Cl2N3O4S. The number of carbonyl (C=O) groups is 1. The van der Waals surface area contributed by atoms with Gasteiger partial charge in [-0.15, -0.1) is 0 Å². The van der Waals surface area contributed by atoms with E-state index in [-0.39, 0.29) is 42.7 Å². The van der Waals surface area contributed by atoms with Gasteiger partial charge in [0.25, 0.3) is 5.91 Å². The number of piperazine rings is 1. The molecule has 1 aliphatic rings. The summed E-state index contributed by atoms with van der Waals surface area (Å²) in [5.41, 5.74) is 0.881.